The van der Waals surface area contributed by atoms with E-state index in [-0.39, 0.29) is 22.4 Å². The van der Waals surface area contributed by atoms with Crippen LogP contribution in [-0.4, -0.2) is 47.3 Å². The molecule has 2 heterocycles. The molecule has 5 rings (SSSR count). The molecule has 3 aromatic rings. The fourth-order valence-corrected chi connectivity index (χ4v) is 7.13. The van der Waals surface area contributed by atoms with E-state index in [0.29, 0.717) is 36.5 Å². The summed E-state index contributed by atoms with van der Waals surface area (Å²) in [5.41, 5.74) is 3.53. The number of carbonyl (C=O) groups is 1. The maximum Gasteiger partial charge on any atom is 0.262 e. The third-order valence-electron chi connectivity index (χ3n) is 7.28. The van der Waals surface area contributed by atoms with Crippen molar-refractivity contribution in [2.24, 2.45) is 7.05 Å². The summed E-state index contributed by atoms with van der Waals surface area (Å²) in [4.78, 5) is 17.3. The van der Waals surface area contributed by atoms with E-state index >= 15 is 0 Å². The van der Waals surface area contributed by atoms with Gasteiger partial charge < -0.3 is 9.88 Å². The van der Waals surface area contributed by atoms with Crippen LogP contribution < -0.4 is 5.32 Å². The molecule has 0 bridgehead atoms. The maximum atomic E-state index is 13.2. The van der Waals surface area contributed by atoms with Gasteiger partial charge in [0.05, 0.1) is 6.33 Å². The summed E-state index contributed by atoms with van der Waals surface area (Å²) >= 11 is 6.07. The smallest absolute Gasteiger partial charge is 0.262 e. The van der Waals surface area contributed by atoms with Crippen molar-refractivity contribution >= 4 is 27.5 Å². The second kappa shape index (κ2) is 8.52. The van der Waals surface area contributed by atoms with E-state index in [1.807, 2.05) is 19.1 Å². The molecule has 9 heteroatoms. The first kappa shape index (κ1) is 23.1. The topological polar surface area (TPSA) is 84.3 Å². The van der Waals surface area contributed by atoms with Gasteiger partial charge in [-0.2, -0.15) is 4.31 Å². The predicted octanol–water partition coefficient (Wildman–Crippen LogP) is 3.46. The Morgan fingerprint density at radius 3 is 2.59 bits per heavy atom. The zero-order valence-electron chi connectivity index (χ0n) is 19.2. The van der Waals surface area contributed by atoms with Gasteiger partial charge in [0.2, 0.25) is 0 Å². The molecule has 1 aromatic heterocycles. The van der Waals surface area contributed by atoms with Crippen LogP contribution in [0.5, 0.6) is 0 Å². The van der Waals surface area contributed by atoms with E-state index in [1.165, 1.54) is 28.0 Å². The Labute approximate surface area is 204 Å². The van der Waals surface area contributed by atoms with E-state index in [9.17, 15) is 13.2 Å². The average Bonchev–Trinajstić information content (AvgIpc) is 3.37. The van der Waals surface area contributed by atoms with Gasteiger partial charge in [-0.05, 0) is 61.1 Å². The standard InChI is InChI=1S/C25H27ClN4O3S/c1-17-13-19(26)7-8-20(17)24(31)28-22-14-18-5-3-4-6-21(18)25(22)9-11-30(12-10-25)34(32,33)23-15-29(2)16-27-23/h3-8,13,15-16,22H,9-12,14H2,1-2H3,(H,28,31). The second-order valence-corrected chi connectivity index (χ2v) is 11.6. The monoisotopic (exact) mass is 498 g/mol. The fraction of sp³-hybridized carbons (Fsp3) is 0.360. The SMILES string of the molecule is Cc1cc(Cl)ccc1C(=O)NC1Cc2ccccc2C12CCN(S(=O)(=O)c1cn(C)cn1)CC2. The number of imidazole rings is 1. The van der Waals surface area contributed by atoms with Crippen molar-refractivity contribution in [3.05, 3.63) is 82.3 Å². The normalized spacial score (nSPS) is 19.8. The number of sulfonamides is 1. The van der Waals surface area contributed by atoms with Gasteiger partial charge in [0.15, 0.2) is 5.03 Å². The first-order valence-corrected chi connectivity index (χ1v) is 13.2. The molecule has 1 atom stereocenters. The van der Waals surface area contributed by atoms with Crippen LogP contribution >= 0.6 is 11.6 Å². The molecule has 7 nitrogen and oxygen atoms in total. The van der Waals surface area contributed by atoms with Crippen LogP contribution in [0.4, 0.5) is 0 Å². The summed E-state index contributed by atoms with van der Waals surface area (Å²) in [5.74, 6) is -0.130. The molecular formula is C25H27ClN4O3S. The molecule has 0 saturated carbocycles. The number of aryl methyl sites for hydroxylation is 2. The maximum absolute atomic E-state index is 13.2. The number of nitrogens with zero attached hydrogens (tertiary/aromatic N) is 3. The Morgan fingerprint density at radius 1 is 1.18 bits per heavy atom. The summed E-state index contributed by atoms with van der Waals surface area (Å²) < 4.78 is 29.4. The molecule has 1 aliphatic heterocycles. The molecule has 1 aliphatic carbocycles. The van der Waals surface area contributed by atoms with Gasteiger partial charge in [-0.15, -0.1) is 0 Å². The molecule has 1 amide bonds. The molecular weight excluding hydrogens is 472 g/mol. The number of hydrogen-bond acceptors (Lipinski definition) is 4. The minimum Gasteiger partial charge on any atom is -0.348 e. The van der Waals surface area contributed by atoms with Crippen LogP contribution in [0.25, 0.3) is 0 Å². The Kier molecular flexibility index (Phi) is 5.78. The van der Waals surface area contributed by atoms with E-state index in [4.69, 9.17) is 11.6 Å². The van der Waals surface area contributed by atoms with E-state index in [2.05, 4.69) is 22.4 Å². The van der Waals surface area contributed by atoms with Gasteiger partial charge >= 0.3 is 0 Å². The lowest BCUT2D eigenvalue weighted by atomic mass is 9.71. The van der Waals surface area contributed by atoms with E-state index in [1.54, 1.807) is 29.8 Å². The summed E-state index contributed by atoms with van der Waals surface area (Å²) in [5, 5.41) is 3.95. The number of aromatic nitrogens is 2. The van der Waals surface area contributed by atoms with Crippen molar-refractivity contribution in [3.63, 3.8) is 0 Å². The average molecular weight is 499 g/mol. The number of piperidine rings is 1. The third kappa shape index (κ3) is 3.83. The Bertz CT molecular complexity index is 1360. The van der Waals surface area contributed by atoms with Gasteiger partial charge in [-0.3, -0.25) is 4.79 Å². The van der Waals surface area contributed by atoms with Crippen LogP contribution in [-0.2, 0) is 28.9 Å². The highest BCUT2D eigenvalue weighted by molar-refractivity contribution is 7.89. The number of rotatable bonds is 4. The summed E-state index contributed by atoms with van der Waals surface area (Å²) in [6.07, 6.45) is 5.00. The van der Waals surface area contributed by atoms with Gasteiger partial charge in [0, 0.05) is 48.4 Å². The van der Waals surface area contributed by atoms with Crippen molar-refractivity contribution in [3.8, 4) is 0 Å². The van der Waals surface area contributed by atoms with Crippen molar-refractivity contribution in [2.45, 2.75) is 42.7 Å². The summed E-state index contributed by atoms with van der Waals surface area (Å²) in [7, 11) is -1.90. The lowest BCUT2D eigenvalue weighted by molar-refractivity contribution is 0.0896. The lowest BCUT2D eigenvalue weighted by Crippen LogP contribution is -2.54. The number of benzene rings is 2. The number of nitrogens with one attached hydrogen (secondary N) is 1. The molecule has 1 fully saturated rings. The zero-order valence-corrected chi connectivity index (χ0v) is 20.7. The summed E-state index contributed by atoms with van der Waals surface area (Å²) in [6, 6.07) is 13.4. The van der Waals surface area contributed by atoms with E-state index in [0.717, 1.165) is 12.0 Å². The van der Waals surface area contributed by atoms with Gasteiger partial charge in [-0.25, -0.2) is 13.4 Å². The number of hydrogen-bond donors (Lipinski definition) is 1. The molecule has 1 saturated heterocycles. The van der Waals surface area contributed by atoms with Crippen molar-refractivity contribution in [2.75, 3.05) is 13.1 Å². The van der Waals surface area contributed by atoms with E-state index < -0.39 is 10.0 Å². The molecule has 0 radical (unpaired) electrons. The molecule has 34 heavy (non-hydrogen) atoms. The predicted molar refractivity (Wildman–Crippen MR) is 130 cm³/mol. The second-order valence-electron chi connectivity index (χ2n) is 9.28. The quantitative estimate of drug-likeness (QED) is 0.597. The zero-order chi connectivity index (χ0) is 24.1. The Hall–Kier alpha value is -2.68. The van der Waals surface area contributed by atoms with Crippen LogP contribution in [0.2, 0.25) is 5.02 Å². The molecule has 1 unspecified atom stereocenters. The molecule has 1 spiro atoms. The molecule has 178 valence electrons. The Morgan fingerprint density at radius 2 is 1.91 bits per heavy atom. The largest absolute Gasteiger partial charge is 0.348 e. The number of amides is 1. The first-order valence-electron chi connectivity index (χ1n) is 11.3. The highest BCUT2D eigenvalue weighted by Gasteiger charge is 2.50. The Balaban J connectivity index is 1.42. The fourth-order valence-electron chi connectivity index (χ4n) is 5.49. The third-order valence-corrected chi connectivity index (χ3v) is 9.30. The lowest BCUT2D eigenvalue weighted by Gasteiger charge is -2.43. The minimum absolute atomic E-state index is 0.0702. The summed E-state index contributed by atoms with van der Waals surface area (Å²) in [6.45, 7) is 2.63. The number of halogens is 1. The van der Waals surface area contributed by atoms with Gasteiger partial charge in [0.25, 0.3) is 15.9 Å². The number of carbonyl (C=O) groups excluding carboxylic acids is 1. The molecule has 1 N–H and O–H groups in total. The van der Waals surface area contributed by atoms with Crippen molar-refractivity contribution < 1.29 is 13.2 Å². The van der Waals surface area contributed by atoms with Gasteiger partial charge in [-0.1, -0.05) is 35.9 Å². The highest BCUT2D eigenvalue weighted by atomic mass is 35.5. The van der Waals surface area contributed by atoms with Gasteiger partial charge in [0.1, 0.15) is 0 Å². The first-order chi connectivity index (χ1) is 16.2. The van der Waals surface area contributed by atoms with Crippen molar-refractivity contribution in [1.82, 2.24) is 19.2 Å². The van der Waals surface area contributed by atoms with Crippen molar-refractivity contribution in [1.29, 1.82) is 0 Å². The van der Waals surface area contributed by atoms with Crippen LogP contribution in [0, 0.1) is 6.92 Å². The molecule has 2 aromatic carbocycles. The van der Waals surface area contributed by atoms with Crippen LogP contribution in [0.15, 0.2) is 60.0 Å². The minimum atomic E-state index is -3.66. The number of fused-ring (bicyclic) bond motifs is 2. The molecule has 2 aliphatic rings. The van der Waals surface area contributed by atoms with Crippen LogP contribution in [0.3, 0.4) is 0 Å². The highest BCUT2D eigenvalue weighted by Crippen LogP contribution is 2.47. The van der Waals surface area contributed by atoms with Crippen LogP contribution in [0.1, 0.15) is 39.9 Å².